The summed E-state index contributed by atoms with van der Waals surface area (Å²) in [6, 6.07) is 6.10. The molecule has 1 heterocycles. The largest absolute Gasteiger partial charge is 0.444 e. The molecule has 1 aliphatic carbocycles. The molecule has 244 valence electrons. The molecule has 44 heavy (non-hydrogen) atoms. The number of aliphatic hydroxyl groups excluding tert-OH is 1. The quantitative estimate of drug-likeness (QED) is 0.210. The standard InChI is InChI=1S/C31H47N5O7S/c1-31(2,3)43-30(40)36-25(16-22-13-9-6-10-14-22)28(38)35-26(17-23-18-32-20-33-23)29(39)34-24(27(37)19-44(4,41)42)15-21-11-7-5-8-12-21/h6,9-10,13-14,18,20-21,24-27,37H,5,7-8,11-12,15-17,19H2,1-4H3,(H,32,33)(H,34,39)(H,35,38)(H,36,40)/t24-,25-,26-,27-/m0/s1. The number of rotatable bonds is 14. The van der Waals surface area contributed by atoms with Gasteiger partial charge in [-0.05, 0) is 38.7 Å². The number of carbonyl (C=O) groups excluding carboxylic acids is 3. The molecule has 0 bridgehead atoms. The molecule has 5 N–H and O–H groups in total. The molecular weight excluding hydrogens is 586 g/mol. The highest BCUT2D eigenvalue weighted by molar-refractivity contribution is 7.90. The van der Waals surface area contributed by atoms with Gasteiger partial charge in [-0.2, -0.15) is 0 Å². The second-order valence-corrected chi connectivity index (χ2v) is 14.9. The average Bonchev–Trinajstić information content (AvgIpc) is 3.44. The van der Waals surface area contributed by atoms with E-state index in [1.807, 2.05) is 30.3 Å². The van der Waals surface area contributed by atoms with Crippen LogP contribution in [0.2, 0.25) is 0 Å². The lowest BCUT2D eigenvalue weighted by molar-refractivity contribution is -0.130. The van der Waals surface area contributed by atoms with Crippen LogP contribution < -0.4 is 16.0 Å². The molecular formula is C31H47N5O7S. The van der Waals surface area contributed by atoms with Gasteiger partial charge in [0.15, 0.2) is 0 Å². The fourth-order valence-corrected chi connectivity index (χ4v) is 6.26. The Kier molecular flexibility index (Phi) is 12.8. The second kappa shape index (κ2) is 16.0. The van der Waals surface area contributed by atoms with Crippen LogP contribution in [-0.4, -0.2) is 83.2 Å². The van der Waals surface area contributed by atoms with Crippen molar-refractivity contribution in [1.82, 2.24) is 25.9 Å². The van der Waals surface area contributed by atoms with Gasteiger partial charge in [0.05, 0.1) is 24.2 Å². The van der Waals surface area contributed by atoms with E-state index in [9.17, 15) is 27.9 Å². The number of hydrogen-bond acceptors (Lipinski definition) is 8. The molecule has 1 aromatic heterocycles. The average molecular weight is 634 g/mol. The Bertz CT molecular complexity index is 1310. The number of hydrogen-bond donors (Lipinski definition) is 5. The molecule has 4 atom stereocenters. The van der Waals surface area contributed by atoms with E-state index in [1.165, 1.54) is 12.5 Å². The summed E-state index contributed by atoms with van der Waals surface area (Å²) in [4.78, 5) is 47.1. The van der Waals surface area contributed by atoms with Gasteiger partial charge in [0.2, 0.25) is 11.8 Å². The molecule has 1 saturated carbocycles. The Balaban J connectivity index is 1.83. The van der Waals surface area contributed by atoms with E-state index >= 15 is 0 Å². The number of H-pyrrole nitrogens is 1. The second-order valence-electron chi connectivity index (χ2n) is 12.7. The predicted octanol–water partition coefficient (Wildman–Crippen LogP) is 2.43. The van der Waals surface area contributed by atoms with Crippen LogP contribution in [0, 0.1) is 5.92 Å². The summed E-state index contributed by atoms with van der Waals surface area (Å²) >= 11 is 0. The van der Waals surface area contributed by atoms with Gasteiger partial charge in [-0.15, -0.1) is 0 Å². The Morgan fingerprint density at radius 2 is 1.64 bits per heavy atom. The Morgan fingerprint density at radius 3 is 2.23 bits per heavy atom. The van der Waals surface area contributed by atoms with E-state index in [1.54, 1.807) is 20.8 Å². The molecule has 2 aromatic rings. The number of imidazole rings is 1. The minimum absolute atomic E-state index is 0.0421. The first-order valence-corrected chi connectivity index (χ1v) is 17.2. The smallest absolute Gasteiger partial charge is 0.408 e. The van der Waals surface area contributed by atoms with Crippen molar-refractivity contribution in [3.63, 3.8) is 0 Å². The third-order valence-electron chi connectivity index (χ3n) is 7.48. The molecule has 1 aromatic carbocycles. The number of benzene rings is 1. The highest BCUT2D eigenvalue weighted by Gasteiger charge is 2.33. The van der Waals surface area contributed by atoms with E-state index in [2.05, 4.69) is 25.9 Å². The number of amides is 3. The Hall–Kier alpha value is -3.45. The third kappa shape index (κ3) is 12.7. The van der Waals surface area contributed by atoms with Crippen LogP contribution in [0.15, 0.2) is 42.9 Å². The first kappa shape index (κ1) is 35.0. The summed E-state index contributed by atoms with van der Waals surface area (Å²) in [6.07, 6.45) is 7.61. The maximum atomic E-state index is 13.8. The lowest BCUT2D eigenvalue weighted by Crippen LogP contribution is -2.58. The molecule has 1 fully saturated rings. The third-order valence-corrected chi connectivity index (χ3v) is 8.43. The summed E-state index contributed by atoms with van der Waals surface area (Å²) < 4.78 is 29.4. The fourth-order valence-electron chi connectivity index (χ4n) is 5.41. The molecule has 3 amide bonds. The molecule has 12 nitrogen and oxygen atoms in total. The van der Waals surface area contributed by atoms with E-state index in [0.717, 1.165) is 43.9 Å². The van der Waals surface area contributed by atoms with Crippen molar-refractivity contribution in [2.24, 2.45) is 5.92 Å². The van der Waals surface area contributed by atoms with Crippen molar-refractivity contribution in [3.8, 4) is 0 Å². The van der Waals surface area contributed by atoms with Crippen LogP contribution in [-0.2, 0) is 37.0 Å². The van der Waals surface area contributed by atoms with Crippen LogP contribution in [0.25, 0.3) is 0 Å². The molecule has 1 aliphatic rings. The van der Waals surface area contributed by atoms with E-state index in [4.69, 9.17) is 4.74 Å². The SMILES string of the molecule is CC(C)(C)OC(=O)N[C@@H](Cc1ccccc1)C(=O)N[C@@H](Cc1cnc[nH]1)C(=O)N[C@@H](CC1CCCCC1)[C@@H](O)CS(C)(=O)=O. The number of sulfone groups is 1. The van der Waals surface area contributed by atoms with Crippen LogP contribution in [0.3, 0.4) is 0 Å². The van der Waals surface area contributed by atoms with Crippen molar-refractivity contribution in [3.05, 3.63) is 54.1 Å². The number of aliphatic hydroxyl groups is 1. The normalized spacial score (nSPS) is 17.1. The topological polar surface area (TPSA) is 180 Å². The molecule has 0 aliphatic heterocycles. The first-order valence-electron chi connectivity index (χ1n) is 15.2. The molecule has 0 radical (unpaired) electrons. The van der Waals surface area contributed by atoms with Crippen molar-refractivity contribution in [1.29, 1.82) is 0 Å². The van der Waals surface area contributed by atoms with E-state index in [-0.39, 0.29) is 18.8 Å². The van der Waals surface area contributed by atoms with Crippen LogP contribution in [0.1, 0.15) is 70.6 Å². The van der Waals surface area contributed by atoms with Gasteiger partial charge >= 0.3 is 6.09 Å². The number of alkyl carbamates (subject to hydrolysis) is 1. The lowest BCUT2D eigenvalue weighted by atomic mass is 9.83. The zero-order valence-corrected chi connectivity index (χ0v) is 26.9. The molecule has 13 heteroatoms. The molecule has 0 unspecified atom stereocenters. The minimum atomic E-state index is -3.53. The Morgan fingerprint density at radius 1 is 1.00 bits per heavy atom. The maximum Gasteiger partial charge on any atom is 0.408 e. The summed E-state index contributed by atoms with van der Waals surface area (Å²) in [6.45, 7) is 5.14. The first-order chi connectivity index (χ1) is 20.7. The van der Waals surface area contributed by atoms with Crippen LogP contribution in [0.5, 0.6) is 0 Å². The maximum absolute atomic E-state index is 13.8. The van der Waals surface area contributed by atoms with Crippen molar-refractivity contribution in [2.75, 3.05) is 12.0 Å². The predicted molar refractivity (Wildman–Crippen MR) is 166 cm³/mol. The highest BCUT2D eigenvalue weighted by atomic mass is 32.2. The highest BCUT2D eigenvalue weighted by Crippen LogP contribution is 2.28. The fraction of sp³-hybridized carbons (Fsp3) is 0.613. The lowest BCUT2D eigenvalue weighted by Gasteiger charge is -2.31. The summed E-state index contributed by atoms with van der Waals surface area (Å²) in [7, 11) is -3.53. The van der Waals surface area contributed by atoms with Gasteiger partial charge in [0, 0.05) is 31.0 Å². The van der Waals surface area contributed by atoms with E-state index in [0.29, 0.717) is 12.1 Å². The molecule has 0 saturated heterocycles. The number of nitrogens with zero attached hydrogens (tertiary/aromatic N) is 1. The summed E-state index contributed by atoms with van der Waals surface area (Å²) in [5.41, 5.74) is 0.571. The number of nitrogens with one attached hydrogen (secondary N) is 4. The van der Waals surface area contributed by atoms with Crippen molar-refractivity contribution >= 4 is 27.7 Å². The zero-order chi connectivity index (χ0) is 32.3. The van der Waals surface area contributed by atoms with Gasteiger partial charge in [-0.3, -0.25) is 9.59 Å². The Labute approximate surface area is 260 Å². The van der Waals surface area contributed by atoms with Gasteiger partial charge in [0.1, 0.15) is 27.5 Å². The number of ether oxygens (including phenoxy) is 1. The zero-order valence-electron chi connectivity index (χ0n) is 26.0. The van der Waals surface area contributed by atoms with E-state index < -0.39 is 63.3 Å². The molecule has 3 rings (SSSR count). The summed E-state index contributed by atoms with van der Waals surface area (Å²) in [5.74, 6) is -1.46. The van der Waals surface area contributed by atoms with Crippen molar-refractivity contribution < 1.29 is 32.6 Å². The van der Waals surface area contributed by atoms with Crippen LogP contribution in [0.4, 0.5) is 4.79 Å². The molecule has 0 spiro atoms. The monoisotopic (exact) mass is 633 g/mol. The minimum Gasteiger partial charge on any atom is -0.444 e. The van der Waals surface area contributed by atoms with Gasteiger partial charge in [0.25, 0.3) is 0 Å². The number of carbonyl (C=O) groups is 3. The van der Waals surface area contributed by atoms with Gasteiger partial charge in [-0.25, -0.2) is 18.2 Å². The number of aromatic amines is 1. The van der Waals surface area contributed by atoms with Crippen molar-refractivity contribution in [2.45, 2.75) is 102 Å². The summed E-state index contributed by atoms with van der Waals surface area (Å²) in [5, 5.41) is 19.2. The van der Waals surface area contributed by atoms with Crippen LogP contribution >= 0.6 is 0 Å². The number of aromatic nitrogens is 2. The van der Waals surface area contributed by atoms with Gasteiger partial charge < -0.3 is 30.8 Å². The van der Waals surface area contributed by atoms with Gasteiger partial charge in [-0.1, -0.05) is 62.4 Å².